The third-order valence-electron chi connectivity index (χ3n) is 4.26. The Morgan fingerprint density at radius 3 is 2.96 bits per heavy atom. The van der Waals surface area contributed by atoms with Crippen molar-refractivity contribution in [1.29, 1.82) is 0 Å². The number of benzene rings is 1. The van der Waals surface area contributed by atoms with Crippen LogP contribution in [0, 0.1) is 0 Å². The predicted octanol–water partition coefficient (Wildman–Crippen LogP) is 1.56. The molecule has 1 unspecified atom stereocenters. The normalized spacial score (nSPS) is 20.1. The number of morpholine rings is 1. The molecule has 8 heteroatoms. The second kappa shape index (κ2) is 9.03. The number of nitrogens with zero attached hydrogens (tertiary/aromatic N) is 1. The van der Waals surface area contributed by atoms with Crippen LogP contribution in [0.15, 0.2) is 18.2 Å². The molecule has 1 aromatic rings. The summed E-state index contributed by atoms with van der Waals surface area (Å²) in [6, 6.07) is 5.39. The quantitative estimate of drug-likeness (QED) is 0.823. The second-order valence-corrected chi connectivity index (χ2v) is 6.01. The SMILES string of the molecule is COc1ccc(NC(=O)CC2COCCN2)cc1N1CCCC1=O.Cl. The first kappa shape index (κ1) is 19.5. The van der Waals surface area contributed by atoms with E-state index in [1.807, 2.05) is 0 Å². The van der Waals surface area contributed by atoms with Gasteiger partial charge < -0.3 is 25.0 Å². The summed E-state index contributed by atoms with van der Waals surface area (Å²) in [6.07, 6.45) is 1.74. The first-order chi connectivity index (χ1) is 11.7. The zero-order valence-electron chi connectivity index (χ0n) is 14.2. The lowest BCUT2D eigenvalue weighted by atomic mass is 10.2. The minimum absolute atomic E-state index is 0. The van der Waals surface area contributed by atoms with Crippen LogP contribution >= 0.6 is 12.4 Å². The molecule has 0 radical (unpaired) electrons. The van der Waals surface area contributed by atoms with Crippen molar-refractivity contribution in [2.24, 2.45) is 0 Å². The molecule has 138 valence electrons. The molecule has 25 heavy (non-hydrogen) atoms. The summed E-state index contributed by atoms with van der Waals surface area (Å²) in [4.78, 5) is 25.9. The fraction of sp³-hybridized carbons (Fsp3) is 0.529. The number of ether oxygens (including phenoxy) is 2. The lowest BCUT2D eigenvalue weighted by Crippen LogP contribution is -2.43. The molecular weight excluding hydrogens is 346 g/mol. The fourth-order valence-corrected chi connectivity index (χ4v) is 3.07. The highest BCUT2D eigenvalue weighted by molar-refractivity contribution is 5.98. The topological polar surface area (TPSA) is 79.9 Å². The molecule has 1 atom stereocenters. The summed E-state index contributed by atoms with van der Waals surface area (Å²) in [5, 5.41) is 6.15. The minimum atomic E-state index is -0.0816. The molecule has 7 nitrogen and oxygen atoms in total. The van der Waals surface area contributed by atoms with Crippen LogP contribution < -0.4 is 20.3 Å². The Kier molecular flexibility index (Phi) is 7.04. The summed E-state index contributed by atoms with van der Waals surface area (Å²) < 4.78 is 10.7. The molecular formula is C17H24ClN3O4. The first-order valence-electron chi connectivity index (χ1n) is 8.27. The predicted molar refractivity (Wildman–Crippen MR) is 97.7 cm³/mol. The summed E-state index contributed by atoms with van der Waals surface area (Å²) in [7, 11) is 1.58. The number of carbonyl (C=O) groups is 2. The van der Waals surface area contributed by atoms with Crippen molar-refractivity contribution >= 4 is 35.6 Å². The van der Waals surface area contributed by atoms with Gasteiger partial charge in [0.15, 0.2) is 0 Å². The van der Waals surface area contributed by atoms with E-state index in [0.29, 0.717) is 49.7 Å². The van der Waals surface area contributed by atoms with Gasteiger partial charge in [0.1, 0.15) is 5.75 Å². The van der Waals surface area contributed by atoms with Crippen molar-refractivity contribution in [3.63, 3.8) is 0 Å². The van der Waals surface area contributed by atoms with Gasteiger partial charge in [0.2, 0.25) is 11.8 Å². The van der Waals surface area contributed by atoms with Crippen LogP contribution in [0.4, 0.5) is 11.4 Å². The Hall–Kier alpha value is -1.83. The number of hydrogen-bond acceptors (Lipinski definition) is 5. The number of carbonyl (C=O) groups excluding carboxylic acids is 2. The summed E-state index contributed by atoms with van der Waals surface area (Å²) in [6.45, 7) is 2.67. The molecule has 2 amide bonds. The summed E-state index contributed by atoms with van der Waals surface area (Å²) in [5.41, 5.74) is 1.36. The molecule has 2 aliphatic heterocycles. The Bertz CT molecular complexity index is 620. The molecule has 2 N–H and O–H groups in total. The van der Waals surface area contributed by atoms with Crippen molar-refractivity contribution < 1.29 is 19.1 Å². The lowest BCUT2D eigenvalue weighted by molar-refractivity contribution is -0.118. The smallest absolute Gasteiger partial charge is 0.227 e. The van der Waals surface area contributed by atoms with E-state index >= 15 is 0 Å². The first-order valence-corrected chi connectivity index (χ1v) is 8.27. The van der Waals surface area contributed by atoms with Crippen LogP contribution in [0.1, 0.15) is 19.3 Å². The molecule has 0 aliphatic carbocycles. The number of halogens is 1. The summed E-state index contributed by atoms with van der Waals surface area (Å²) in [5.74, 6) is 0.632. The number of anilines is 2. The average Bonchev–Trinajstić information content (AvgIpc) is 3.01. The Morgan fingerprint density at radius 2 is 2.32 bits per heavy atom. The number of amides is 2. The average molecular weight is 370 g/mol. The highest BCUT2D eigenvalue weighted by atomic mass is 35.5. The van der Waals surface area contributed by atoms with Crippen molar-refractivity contribution in [3.8, 4) is 5.75 Å². The summed E-state index contributed by atoms with van der Waals surface area (Å²) >= 11 is 0. The van der Waals surface area contributed by atoms with Crippen LogP contribution in [0.5, 0.6) is 5.75 Å². The molecule has 2 saturated heterocycles. The molecule has 2 heterocycles. The van der Waals surface area contributed by atoms with Crippen LogP contribution in [0.2, 0.25) is 0 Å². The molecule has 0 bridgehead atoms. The number of hydrogen-bond donors (Lipinski definition) is 2. The maximum Gasteiger partial charge on any atom is 0.227 e. The van der Waals surface area contributed by atoms with Crippen LogP contribution in [0.25, 0.3) is 0 Å². The van der Waals surface area contributed by atoms with Gasteiger partial charge in [-0.1, -0.05) is 0 Å². The van der Waals surface area contributed by atoms with Gasteiger partial charge in [-0.2, -0.15) is 0 Å². The molecule has 2 aliphatic rings. The third-order valence-corrected chi connectivity index (χ3v) is 4.26. The van der Waals surface area contributed by atoms with E-state index in [-0.39, 0.29) is 30.3 Å². The number of rotatable bonds is 5. The van der Waals surface area contributed by atoms with Gasteiger partial charge in [-0.15, -0.1) is 12.4 Å². The maximum absolute atomic E-state index is 12.2. The Labute approximate surface area is 153 Å². The Balaban J connectivity index is 0.00000225. The van der Waals surface area contributed by atoms with Crippen LogP contribution in [0.3, 0.4) is 0 Å². The van der Waals surface area contributed by atoms with Gasteiger partial charge in [-0.25, -0.2) is 0 Å². The fourth-order valence-electron chi connectivity index (χ4n) is 3.07. The van der Waals surface area contributed by atoms with Crippen LogP contribution in [-0.2, 0) is 14.3 Å². The van der Waals surface area contributed by atoms with E-state index < -0.39 is 0 Å². The number of nitrogens with one attached hydrogen (secondary N) is 2. The standard InChI is InChI=1S/C17H23N3O4.ClH/c1-23-15-5-4-12(9-14(15)20-7-2-3-17(20)22)19-16(21)10-13-11-24-8-6-18-13;/h4-5,9,13,18H,2-3,6-8,10-11H2,1H3,(H,19,21);1H. The largest absolute Gasteiger partial charge is 0.495 e. The van der Waals surface area contributed by atoms with Gasteiger partial charge in [0.05, 0.1) is 26.0 Å². The molecule has 3 rings (SSSR count). The zero-order valence-corrected chi connectivity index (χ0v) is 15.1. The highest BCUT2D eigenvalue weighted by Gasteiger charge is 2.25. The van der Waals surface area contributed by atoms with E-state index in [9.17, 15) is 9.59 Å². The van der Waals surface area contributed by atoms with Crippen molar-refractivity contribution in [2.75, 3.05) is 43.6 Å². The van der Waals surface area contributed by atoms with Crippen LogP contribution in [-0.4, -0.2) is 51.3 Å². The van der Waals surface area contributed by atoms with E-state index in [1.54, 1.807) is 30.2 Å². The Morgan fingerprint density at radius 1 is 1.48 bits per heavy atom. The molecule has 1 aromatic carbocycles. The monoisotopic (exact) mass is 369 g/mol. The van der Waals surface area contributed by atoms with E-state index in [2.05, 4.69) is 10.6 Å². The molecule has 0 saturated carbocycles. The van der Waals surface area contributed by atoms with Crippen molar-refractivity contribution in [3.05, 3.63) is 18.2 Å². The van der Waals surface area contributed by atoms with E-state index in [4.69, 9.17) is 9.47 Å². The molecule has 0 aromatic heterocycles. The van der Waals surface area contributed by atoms with Gasteiger partial charge in [0, 0.05) is 37.7 Å². The van der Waals surface area contributed by atoms with Gasteiger partial charge in [0.25, 0.3) is 0 Å². The van der Waals surface area contributed by atoms with Gasteiger partial charge in [-0.3, -0.25) is 9.59 Å². The maximum atomic E-state index is 12.2. The van der Waals surface area contributed by atoms with E-state index in [1.165, 1.54) is 0 Å². The number of methoxy groups -OCH3 is 1. The zero-order chi connectivity index (χ0) is 16.9. The van der Waals surface area contributed by atoms with Crippen molar-refractivity contribution in [1.82, 2.24) is 5.32 Å². The van der Waals surface area contributed by atoms with Crippen molar-refractivity contribution in [2.45, 2.75) is 25.3 Å². The second-order valence-electron chi connectivity index (χ2n) is 6.01. The lowest BCUT2D eigenvalue weighted by Gasteiger charge is -2.23. The van der Waals surface area contributed by atoms with Gasteiger partial charge >= 0.3 is 0 Å². The molecule has 2 fully saturated rings. The minimum Gasteiger partial charge on any atom is -0.495 e. The molecule has 0 spiro atoms. The third kappa shape index (κ3) is 4.84. The van der Waals surface area contributed by atoms with Gasteiger partial charge in [-0.05, 0) is 24.6 Å². The highest BCUT2D eigenvalue weighted by Crippen LogP contribution is 2.34. The van der Waals surface area contributed by atoms with E-state index in [0.717, 1.165) is 13.0 Å².